The molecule has 1 heterocycles. The van der Waals surface area contributed by atoms with Gasteiger partial charge in [0.15, 0.2) is 0 Å². The molecule has 6 N–H and O–H groups in total. The van der Waals surface area contributed by atoms with Crippen LogP contribution in [0.15, 0.2) is 263 Å². The number of halogens is 9. The van der Waals surface area contributed by atoms with Gasteiger partial charge in [-0.1, -0.05) is 185 Å². The first-order valence-corrected chi connectivity index (χ1v) is 37.3. The van der Waals surface area contributed by atoms with Crippen molar-refractivity contribution in [1.29, 1.82) is 0 Å². The van der Waals surface area contributed by atoms with E-state index in [-0.39, 0.29) is 72.9 Å². The van der Waals surface area contributed by atoms with Crippen molar-refractivity contribution in [2.24, 2.45) is 5.73 Å². The highest BCUT2D eigenvalue weighted by Crippen LogP contribution is 2.41. The van der Waals surface area contributed by atoms with Gasteiger partial charge in [0.05, 0.1) is 36.0 Å². The fourth-order valence-electron chi connectivity index (χ4n) is 11.7. The maximum atomic E-state index is 13.3. The molecular formula is C83H93Br4ClF4N4O7. The van der Waals surface area contributed by atoms with Gasteiger partial charge in [0, 0.05) is 61.8 Å². The second kappa shape index (κ2) is 42.8. The van der Waals surface area contributed by atoms with Gasteiger partial charge in [-0.2, -0.15) is 0 Å². The lowest BCUT2D eigenvalue weighted by Gasteiger charge is -2.43. The van der Waals surface area contributed by atoms with Gasteiger partial charge < -0.3 is 45.6 Å². The Hall–Kier alpha value is -7.01. The quantitative estimate of drug-likeness (QED) is 0.0192. The van der Waals surface area contributed by atoms with Crippen LogP contribution in [0, 0.1) is 23.3 Å². The number of methoxy groups -OCH3 is 1. The maximum absolute atomic E-state index is 13.3. The molecule has 8 aromatic rings. The van der Waals surface area contributed by atoms with E-state index in [0.717, 1.165) is 40.1 Å². The van der Waals surface area contributed by atoms with Gasteiger partial charge in [-0.05, 0) is 214 Å². The highest BCUT2D eigenvalue weighted by atomic mass is 79.9. The van der Waals surface area contributed by atoms with Gasteiger partial charge in [-0.25, -0.2) is 27.2 Å². The minimum absolute atomic E-state index is 0.102. The first-order valence-electron chi connectivity index (χ1n) is 33.6. The van der Waals surface area contributed by atoms with Crippen molar-refractivity contribution in [2.45, 2.75) is 126 Å². The van der Waals surface area contributed by atoms with E-state index in [0.29, 0.717) is 74.2 Å². The van der Waals surface area contributed by atoms with E-state index in [1.807, 2.05) is 106 Å². The minimum Gasteiger partial charge on any atom is -0.453 e. The monoisotopic (exact) mass is 1680 g/mol. The summed E-state index contributed by atoms with van der Waals surface area (Å²) in [5, 5.41) is 35.9. The zero-order chi connectivity index (χ0) is 75.9. The van der Waals surface area contributed by atoms with E-state index >= 15 is 0 Å². The van der Waals surface area contributed by atoms with Gasteiger partial charge in [-0.3, -0.25) is 0 Å². The summed E-state index contributed by atoms with van der Waals surface area (Å²) in [4.78, 5) is 28.5. The Morgan fingerprint density at radius 3 is 1.39 bits per heavy atom. The lowest BCUT2D eigenvalue weighted by atomic mass is 9.85. The van der Waals surface area contributed by atoms with Crippen molar-refractivity contribution in [3.8, 4) is 0 Å². The summed E-state index contributed by atoms with van der Waals surface area (Å²) in [6, 6.07) is 55.4. The molecule has 20 heteroatoms. The van der Waals surface area contributed by atoms with Crippen molar-refractivity contribution in [3.63, 3.8) is 0 Å². The molecule has 1 saturated heterocycles. The molecule has 0 spiro atoms. The third-order valence-electron chi connectivity index (χ3n) is 17.7. The molecule has 0 radical (unpaired) electrons. The number of aliphatic hydroxyl groups is 3. The Morgan fingerprint density at radius 2 is 0.990 bits per heavy atom. The third-order valence-corrected chi connectivity index (χ3v) is 19.9. The van der Waals surface area contributed by atoms with E-state index in [9.17, 15) is 42.5 Å². The fraction of sp³-hybridized carbons (Fsp3) is 0.301. The molecule has 0 aromatic heterocycles. The van der Waals surface area contributed by atoms with Crippen LogP contribution < -0.4 is 11.1 Å². The van der Waals surface area contributed by atoms with Crippen molar-refractivity contribution in [2.75, 3.05) is 32.6 Å². The third kappa shape index (κ3) is 26.8. The predicted molar refractivity (Wildman–Crippen MR) is 422 cm³/mol. The van der Waals surface area contributed by atoms with Gasteiger partial charge in [0.1, 0.15) is 28.9 Å². The number of benzene rings is 8. The number of nitrogens with two attached hydrogens (primary N) is 1. The first-order chi connectivity index (χ1) is 49.0. The van der Waals surface area contributed by atoms with Gasteiger partial charge >= 0.3 is 12.2 Å². The smallest absolute Gasteiger partial charge is 0.411 e. The molecule has 8 aromatic carbocycles. The lowest BCUT2D eigenvalue weighted by Crippen LogP contribution is -2.48. The molecule has 1 fully saturated rings. The Bertz CT molecular complexity index is 3980. The number of amides is 2. The zero-order valence-corrected chi connectivity index (χ0v) is 65.9. The molecule has 1 aliphatic rings. The number of rotatable bonds is 27. The molecule has 9 rings (SSSR count). The van der Waals surface area contributed by atoms with Crippen molar-refractivity contribution < 1.29 is 51.9 Å². The number of carbonyl (C=O) groups is 2. The number of cyclic esters (lactones) is 1. The number of nitrogens with one attached hydrogen (secondary N) is 1. The Labute approximate surface area is 644 Å². The number of nitrogens with zero attached hydrogens (tertiary/aromatic N) is 2. The number of carbonyl (C=O) groups excluding carboxylic acids is 2. The highest BCUT2D eigenvalue weighted by molar-refractivity contribution is 9.11. The van der Waals surface area contributed by atoms with E-state index < -0.39 is 28.5 Å². The SMILES string of the molecule is C=CCC(O)(CCCl)c1ccc(F)cc1.C=CCC(O)(CCN(C(=O)OC)[C@@H](C)c1cccc(Br)c1)c1ccc(F)cc1.C=CCC(O)(CCN[C@@H](C)c1cccc(Br)c1)c1ccc(F)cc1.C=CC[C@]1(c2ccc(F)cc2)CCN([C@@H](C)c2cccc(Br)c2)C(=O)O1.C[C@H](N)c1cccc(Br)c1. The van der Waals surface area contributed by atoms with Crippen LogP contribution in [0.3, 0.4) is 0 Å². The normalized spacial score (nSPS) is 16.0. The highest BCUT2D eigenvalue weighted by Gasteiger charge is 2.43. The maximum Gasteiger partial charge on any atom is 0.411 e. The van der Waals surface area contributed by atoms with E-state index in [1.54, 1.807) is 82.6 Å². The number of alkyl halides is 1. The standard InChI is InChI=1S/C22H25BrFNO3.C21H21BrFNO2.C20H23BrFNO.C12H14ClFO.C8H10BrN/c1-4-12-22(27,18-8-10-20(24)11-9-18)13-14-25(21(26)28-3)16(2)17-6-5-7-19(23)15-17;1-3-11-21(17-7-9-19(23)10-8-17)12-13-24(20(25)26-21)15(2)16-5-4-6-18(22)14-16;1-3-11-20(24,17-7-9-19(22)10-8-17)12-13-23-15(2)16-5-4-6-18(21)14-16;1-2-7-12(15,8-9-13)10-3-5-11(14)6-4-10;1-6(10)7-3-2-4-8(9)5-7/h4-11,15-16,27H,1,12-14H2,2-3H3;3-10,14-15H,1,11-13H2,2H3;3-10,14-15,23-24H,1,11-13H2,2H3;2-6,15H,1,7-9H2;2-6H,10H2,1H3/t16-,22?;15-,21+;15-,20?;;6-/m000.0/s1. The molecule has 550 valence electrons. The van der Waals surface area contributed by atoms with Gasteiger partial charge in [0.25, 0.3) is 0 Å². The molecule has 3 unspecified atom stereocenters. The van der Waals surface area contributed by atoms with Crippen LogP contribution in [-0.2, 0) is 31.9 Å². The average molecular weight is 1690 g/mol. The summed E-state index contributed by atoms with van der Waals surface area (Å²) in [5.41, 5.74) is 8.60. The van der Waals surface area contributed by atoms with Crippen LogP contribution in [0.5, 0.6) is 0 Å². The molecular weight excluding hydrogens is 1600 g/mol. The van der Waals surface area contributed by atoms with E-state index in [2.05, 4.69) is 114 Å². The number of ether oxygens (including phenoxy) is 2. The summed E-state index contributed by atoms with van der Waals surface area (Å²) in [6.45, 7) is 24.2. The second-order valence-corrected chi connectivity index (χ2v) is 29.1. The number of hydrogen-bond donors (Lipinski definition) is 5. The van der Waals surface area contributed by atoms with Crippen molar-refractivity contribution in [1.82, 2.24) is 15.1 Å². The Kier molecular flexibility index (Phi) is 36.0. The molecule has 0 aliphatic carbocycles. The van der Waals surface area contributed by atoms with Crippen LogP contribution >= 0.6 is 75.3 Å². The van der Waals surface area contributed by atoms with Crippen molar-refractivity contribution >= 4 is 87.5 Å². The summed E-state index contributed by atoms with van der Waals surface area (Å²) in [5.74, 6) is -0.952. The van der Waals surface area contributed by atoms with Crippen LogP contribution in [-0.4, -0.2) is 69.9 Å². The summed E-state index contributed by atoms with van der Waals surface area (Å²) in [6.07, 6.45) is 9.24. The van der Waals surface area contributed by atoms with Crippen LogP contribution in [0.4, 0.5) is 27.2 Å². The predicted octanol–water partition coefficient (Wildman–Crippen LogP) is 22.3. The first kappa shape index (κ1) is 86.6. The Morgan fingerprint density at radius 1 is 0.602 bits per heavy atom. The molecule has 0 bridgehead atoms. The largest absolute Gasteiger partial charge is 0.453 e. The molecule has 2 amide bonds. The van der Waals surface area contributed by atoms with E-state index in [4.69, 9.17) is 26.8 Å². The molecule has 1 aliphatic heterocycles. The van der Waals surface area contributed by atoms with Crippen LogP contribution in [0.1, 0.15) is 148 Å². The van der Waals surface area contributed by atoms with Gasteiger partial charge in [-0.15, -0.1) is 37.9 Å². The molecule has 0 saturated carbocycles. The minimum atomic E-state index is -1.27. The second-order valence-electron chi connectivity index (χ2n) is 25.0. The molecule has 103 heavy (non-hydrogen) atoms. The van der Waals surface area contributed by atoms with E-state index in [1.165, 1.54) is 61.2 Å². The summed E-state index contributed by atoms with van der Waals surface area (Å²) < 4.78 is 67.3. The molecule has 11 nitrogen and oxygen atoms in total. The van der Waals surface area contributed by atoms with Crippen LogP contribution in [0.25, 0.3) is 0 Å². The van der Waals surface area contributed by atoms with Crippen LogP contribution in [0.2, 0.25) is 0 Å². The molecule has 8 atom stereocenters. The summed E-state index contributed by atoms with van der Waals surface area (Å²) in [7, 11) is 1.33. The average Bonchev–Trinajstić information content (AvgIpc) is 0.778. The van der Waals surface area contributed by atoms with Gasteiger partial charge in [0.2, 0.25) is 0 Å². The number of hydrogen-bond acceptors (Lipinski definition) is 9. The Balaban J connectivity index is 0.000000240. The fourth-order valence-corrected chi connectivity index (χ4v) is 13.6. The lowest BCUT2D eigenvalue weighted by molar-refractivity contribution is -0.0589. The summed E-state index contributed by atoms with van der Waals surface area (Å²) >= 11 is 19.4. The van der Waals surface area contributed by atoms with Crippen molar-refractivity contribution in [3.05, 3.63) is 330 Å². The zero-order valence-electron chi connectivity index (χ0n) is 58.8. The topological polar surface area (TPSA) is 158 Å².